The minimum Gasteiger partial charge on any atom is -0.481 e. The molecule has 4 aromatic rings. The van der Waals surface area contributed by atoms with Crippen LogP contribution in [0.4, 0.5) is 18.9 Å². The van der Waals surface area contributed by atoms with Crippen LogP contribution in [0.2, 0.25) is 0 Å². The van der Waals surface area contributed by atoms with Gasteiger partial charge in [0.05, 0.1) is 11.3 Å². The molecule has 0 aliphatic carbocycles. The van der Waals surface area contributed by atoms with E-state index in [9.17, 15) is 32.7 Å². The predicted octanol–water partition coefficient (Wildman–Crippen LogP) is 4.08. The number of amides is 2. The number of alkyl halides is 3. The third-order valence-corrected chi connectivity index (χ3v) is 7.34. The van der Waals surface area contributed by atoms with E-state index in [4.69, 9.17) is 9.26 Å². The Labute approximate surface area is 261 Å². The van der Waals surface area contributed by atoms with Crippen molar-refractivity contribution < 1.29 is 41.9 Å². The first-order chi connectivity index (χ1) is 22.0. The van der Waals surface area contributed by atoms with Crippen LogP contribution in [0, 0.1) is 6.92 Å². The Morgan fingerprint density at radius 3 is 2.37 bits per heavy atom. The Morgan fingerprint density at radius 1 is 1.00 bits per heavy atom. The minimum atomic E-state index is -4.48. The summed E-state index contributed by atoms with van der Waals surface area (Å²) >= 11 is 0. The maximum atomic E-state index is 13.5. The molecule has 15 heteroatoms. The molecule has 2 N–H and O–H groups in total. The fourth-order valence-corrected chi connectivity index (χ4v) is 5.01. The van der Waals surface area contributed by atoms with E-state index < -0.39 is 35.6 Å². The van der Waals surface area contributed by atoms with Gasteiger partial charge in [-0.3, -0.25) is 14.4 Å². The summed E-state index contributed by atoms with van der Waals surface area (Å²) in [5.41, 5.74) is 0.666. The van der Waals surface area contributed by atoms with Gasteiger partial charge < -0.3 is 29.5 Å². The molecule has 0 radical (unpaired) electrons. The molecule has 12 nitrogen and oxygen atoms in total. The molecule has 1 saturated heterocycles. The average molecular weight is 641 g/mol. The van der Waals surface area contributed by atoms with Crippen LogP contribution in [0.3, 0.4) is 0 Å². The Bertz CT molecular complexity index is 1680. The molecule has 1 atom stereocenters. The zero-order chi connectivity index (χ0) is 32.8. The number of carbonyl (C=O) groups is 3. The Kier molecular flexibility index (Phi) is 9.58. The van der Waals surface area contributed by atoms with Crippen molar-refractivity contribution in [2.45, 2.75) is 38.6 Å². The summed E-state index contributed by atoms with van der Waals surface area (Å²) in [6.07, 6.45) is -5.05. The molecule has 2 aromatic carbocycles. The minimum absolute atomic E-state index is 0.0309. The van der Waals surface area contributed by atoms with Crippen LogP contribution in [0.5, 0.6) is 5.88 Å². The largest absolute Gasteiger partial charge is 0.481 e. The number of para-hydroxylation sites is 1. The quantitative estimate of drug-likeness (QED) is 0.248. The number of carboxylic acid groups (broad SMARTS) is 1. The SMILES string of the molecule is Cc1cc(COc2cc(C(=O)NC(CCC(=O)O)C(=O)N3CCN(c4cccc(C(F)(F)F)c4)CC3)nn2-c2ccccc2)no1. The molecule has 5 rings (SSSR count). The van der Waals surface area contributed by atoms with Gasteiger partial charge in [-0.15, -0.1) is 0 Å². The zero-order valence-corrected chi connectivity index (χ0v) is 24.7. The van der Waals surface area contributed by atoms with Crippen LogP contribution >= 0.6 is 0 Å². The number of hydrogen-bond donors (Lipinski definition) is 2. The van der Waals surface area contributed by atoms with Crippen molar-refractivity contribution >= 4 is 23.5 Å². The van der Waals surface area contributed by atoms with Crippen LogP contribution in [0.1, 0.15) is 40.3 Å². The van der Waals surface area contributed by atoms with Crippen molar-refractivity contribution in [2.75, 3.05) is 31.1 Å². The zero-order valence-electron chi connectivity index (χ0n) is 24.7. The molecule has 2 aromatic heterocycles. The lowest BCUT2D eigenvalue weighted by molar-refractivity contribution is -0.138. The van der Waals surface area contributed by atoms with Gasteiger partial charge in [-0.05, 0) is 43.7 Å². The van der Waals surface area contributed by atoms with Crippen molar-refractivity contribution in [3.63, 3.8) is 0 Å². The number of aliphatic carboxylic acids is 1. The molecule has 1 unspecified atom stereocenters. The first kappa shape index (κ1) is 32.1. The van der Waals surface area contributed by atoms with E-state index in [-0.39, 0.29) is 57.2 Å². The number of aromatic nitrogens is 3. The lowest BCUT2D eigenvalue weighted by atomic mass is 10.1. The molecule has 46 heavy (non-hydrogen) atoms. The van der Waals surface area contributed by atoms with Crippen LogP contribution in [0.25, 0.3) is 5.69 Å². The van der Waals surface area contributed by atoms with Crippen molar-refractivity contribution in [3.8, 4) is 11.6 Å². The monoisotopic (exact) mass is 640 g/mol. The third-order valence-electron chi connectivity index (χ3n) is 7.34. The molecular formula is C31H31F3N6O6. The van der Waals surface area contributed by atoms with Crippen LogP contribution in [-0.2, 0) is 22.4 Å². The molecule has 2 amide bonds. The Morgan fingerprint density at radius 2 is 1.72 bits per heavy atom. The first-order valence-corrected chi connectivity index (χ1v) is 14.4. The van der Waals surface area contributed by atoms with E-state index >= 15 is 0 Å². The van der Waals surface area contributed by atoms with Gasteiger partial charge in [0, 0.05) is 50.4 Å². The van der Waals surface area contributed by atoms with E-state index in [1.165, 1.54) is 21.7 Å². The Balaban J connectivity index is 1.29. The number of nitrogens with one attached hydrogen (secondary N) is 1. The maximum Gasteiger partial charge on any atom is 0.416 e. The topological polar surface area (TPSA) is 143 Å². The normalized spacial score (nSPS) is 14.2. The van der Waals surface area contributed by atoms with Gasteiger partial charge in [0.2, 0.25) is 11.8 Å². The van der Waals surface area contributed by atoms with Gasteiger partial charge >= 0.3 is 12.1 Å². The molecule has 0 spiro atoms. The summed E-state index contributed by atoms with van der Waals surface area (Å²) in [4.78, 5) is 41.6. The number of aryl methyl sites for hydroxylation is 1. The number of anilines is 1. The second kappa shape index (κ2) is 13.7. The number of carbonyl (C=O) groups excluding carboxylic acids is 2. The van der Waals surface area contributed by atoms with E-state index in [0.717, 1.165) is 12.1 Å². The number of carboxylic acids is 1. The molecule has 1 aliphatic heterocycles. The summed E-state index contributed by atoms with van der Waals surface area (Å²) in [7, 11) is 0. The molecule has 242 valence electrons. The van der Waals surface area contributed by atoms with Gasteiger partial charge in [0.15, 0.2) is 5.69 Å². The smallest absolute Gasteiger partial charge is 0.416 e. The number of ether oxygens (including phenoxy) is 1. The van der Waals surface area contributed by atoms with Gasteiger partial charge in [-0.25, -0.2) is 4.68 Å². The molecule has 0 bridgehead atoms. The van der Waals surface area contributed by atoms with E-state index in [1.807, 2.05) is 6.07 Å². The molecule has 1 aliphatic rings. The van der Waals surface area contributed by atoms with Crippen LogP contribution < -0.4 is 15.0 Å². The standard InChI is InChI=1S/C31H31F3N6O6/c1-20-16-22(37-46-20)19-45-27-18-26(36-40(27)23-7-3-2-4-8-23)29(43)35-25(10-11-28(41)42)30(44)39-14-12-38(13-15-39)24-9-5-6-21(17-24)31(32,33)34/h2-9,16-18,25H,10-15,19H2,1H3,(H,35,43)(H,41,42). The first-order valence-electron chi connectivity index (χ1n) is 14.4. The number of nitrogens with zero attached hydrogens (tertiary/aromatic N) is 5. The van der Waals surface area contributed by atoms with Gasteiger partial charge in [0.1, 0.15) is 24.1 Å². The van der Waals surface area contributed by atoms with Gasteiger partial charge in [-0.1, -0.05) is 29.4 Å². The van der Waals surface area contributed by atoms with Crippen molar-refractivity contribution in [1.82, 2.24) is 25.2 Å². The predicted molar refractivity (Wildman–Crippen MR) is 157 cm³/mol. The fourth-order valence-electron chi connectivity index (χ4n) is 5.01. The second-order valence-corrected chi connectivity index (χ2v) is 10.7. The van der Waals surface area contributed by atoms with Crippen LogP contribution in [0.15, 0.2) is 71.3 Å². The van der Waals surface area contributed by atoms with Gasteiger partial charge in [-0.2, -0.15) is 18.3 Å². The number of benzene rings is 2. The van der Waals surface area contributed by atoms with Crippen LogP contribution in [-0.4, -0.2) is 74.9 Å². The third kappa shape index (κ3) is 7.83. The molecule has 1 fully saturated rings. The van der Waals surface area contributed by atoms with E-state index in [0.29, 0.717) is 22.8 Å². The summed E-state index contributed by atoms with van der Waals surface area (Å²) in [5, 5.41) is 20.2. The summed E-state index contributed by atoms with van der Waals surface area (Å²) in [5.74, 6) is -1.55. The Hall–Kier alpha value is -5.34. The maximum absolute atomic E-state index is 13.5. The summed E-state index contributed by atoms with van der Waals surface area (Å²) in [6.45, 7) is 2.60. The highest BCUT2D eigenvalue weighted by molar-refractivity contribution is 5.96. The highest BCUT2D eigenvalue weighted by Crippen LogP contribution is 2.32. The molecular weight excluding hydrogens is 609 g/mol. The number of rotatable bonds is 11. The molecule has 0 saturated carbocycles. The summed E-state index contributed by atoms with van der Waals surface area (Å²) in [6, 6.07) is 15.8. The van der Waals surface area contributed by atoms with E-state index in [1.54, 1.807) is 48.2 Å². The average Bonchev–Trinajstić information content (AvgIpc) is 3.67. The van der Waals surface area contributed by atoms with Crippen molar-refractivity contribution in [2.24, 2.45) is 0 Å². The highest BCUT2D eigenvalue weighted by atomic mass is 19.4. The van der Waals surface area contributed by atoms with Crippen molar-refractivity contribution in [3.05, 3.63) is 89.4 Å². The number of hydrogen-bond acceptors (Lipinski definition) is 8. The summed E-state index contributed by atoms with van der Waals surface area (Å²) < 4.78 is 52.0. The van der Waals surface area contributed by atoms with Crippen molar-refractivity contribution in [1.29, 1.82) is 0 Å². The highest BCUT2D eigenvalue weighted by Gasteiger charge is 2.33. The number of piperazine rings is 1. The lowest BCUT2D eigenvalue weighted by Crippen LogP contribution is -2.55. The van der Waals surface area contributed by atoms with E-state index in [2.05, 4.69) is 15.6 Å². The molecule has 3 heterocycles. The second-order valence-electron chi connectivity index (χ2n) is 10.7. The fraction of sp³-hybridized carbons (Fsp3) is 0.323. The lowest BCUT2D eigenvalue weighted by Gasteiger charge is -2.37. The van der Waals surface area contributed by atoms with Gasteiger partial charge in [0.25, 0.3) is 5.91 Å². The number of halogens is 3.